The standard InChI is InChI=1S/C15H12ClN3S/c16-13-9-5-4-8-12(13)14-18-19-15(20-14)17-10-11-6-2-1-3-7-11/h1-9H,10H2,(H,17,19). The Balaban J connectivity index is 1.73. The quantitative estimate of drug-likeness (QED) is 0.772. The molecule has 0 fully saturated rings. The van der Waals surface area contributed by atoms with Gasteiger partial charge in [0.15, 0.2) is 5.01 Å². The van der Waals surface area contributed by atoms with E-state index in [9.17, 15) is 0 Å². The highest BCUT2D eigenvalue weighted by molar-refractivity contribution is 7.18. The van der Waals surface area contributed by atoms with Crippen LogP contribution in [0.25, 0.3) is 10.6 Å². The van der Waals surface area contributed by atoms with Crippen molar-refractivity contribution in [3.05, 3.63) is 65.2 Å². The number of nitrogens with one attached hydrogen (secondary N) is 1. The van der Waals surface area contributed by atoms with Gasteiger partial charge in [0, 0.05) is 12.1 Å². The Bertz CT molecular complexity index is 697. The van der Waals surface area contributed by atoms with Crippen molar-refractivity contribution in [2.24, 2.45) is 0 Å². The topological polar surface area (TPSA) is 37.8 Å². The van der Waals surface area contributed by atoms with Crippen LogP contribution in [-0.4, -0.2) is 10.2 Å². The number of rotatable bonds is 4. The maximum absolute atomic E-state index is 6.16. The number of hydrogen-bond donors (Lipinski definition) is 1. The van der Waals surface area contributed by atoms with Gasteiger partial charge < -0.3 is 5.32 Å². The molecule has 0 bridgehead atoms. The van der Waals surface area contributed by atoms with Gasteiger partial charge in [0.2, 0.25) is 5.13 Å². The first-order valence-electron chi connectivity index (χ1n) is 6.19. The lowest BCUT2D eigenvalue weighted by Gasteiger charge is -2.01. The van der Waals surface area contributed by atoms with Crippen molar-refractivity contribution < 1.29 is 0 Å². The van der Waals surface area contributed by atoms with Crippen LogP contribution in [0.1, 0.15) is 5.56 Å². The van der Waals surface area contributed by atoms with Gasteiger partial charge in [-0.1, -0.05) is 71.5 Å². The Labute approximate surface area is 126 Å². The largest absolute Gasteiger partial charge is 0.356 e. The normalized spacial score (nSPS) is 10.4. The lowest BCUT2D eigenvalue weighted by atomic mass is 10.2. The zero-order valence-electron chi connectivity index (χ0n) is 10.6. The summed E-state index contributed by atoms with van der Waals surface area (Å²) in [5.41, 5.74) is 2.13. The molecule has 0 amide bonds. The highest BCUT2D eigenvalue weighted by Crippen LogP contribution is 2.31. The Hall–Kier alpha value is -1.91. The van der Waals surface area contributed by atoms with E-state index < -0.39 is 0 Å². The fourth-order valence-corrected chi connectivity index (χ4v) is 2.87. The molecule has 0 aliphatic heterocycles. The molecule has 0 saturated carbocycles. The van der Waals surface area contributed by atoms with Crippen LogP contribution >= 0.6 is 22.9 Å². The first kappa shape index (κ1) is 13.1. The Kier molecular flexibility index (Phi) is 3.95. The van der Waals surface area contributed by atoms with Crippen LogP contribution in [0.4, 0.5) is 5.13 Å². The van der Waals surface area contributed by atoms with Crippen molar-refractivity contribution >= 4 is 28.1 Å². The van der Waals surface area contributed by atoms with Gasteiger partial charge >= 0.3 is 0 Å². The van der Waals surface area contributed by atoms with Gasteiger partial charge in [0.05, 0.1) is 5.02 Å². The molecule has 2 aromatic carbocycles. The third kappa shape index (κ3) is 2.98. The van der Waals surface area contributed by atoms with Crippen LogP contribution in [-0.2, 0) is 6.54 Å². The molecule has 5 heteroatoms. The van der Waals surface area contributed by atoms with E-state index in [4.69, 9.17) is 11.6 Å². The van der Waals surface area contributed by atoms with E-state index in [1.165, 1.54) is 16.9 Å². The van der Waals surface area contributed by atoms with Crippen molar-refractivity contribution in [2.45, 2.75) is 6.54 Å². The molecule has 3 nitrogen and oxygen atoms in total. The van der Waals surface area contributed by atoms with Crippen molar-refractivity contribution in [1.82, 2.24) is 10.2 Å². The molecular weight excluding hydrogens is 290 g/mol. The number of aromatic nitrogens is 2. The molecule has 0 saturated heterocycles. The number of nitrogens with zero attached hydrogens (tertiary/aromatic N) is 2. The van der Waals surface area contributed by atoms with Gasteiger partial charge in [0.25, 0.3) is 0 Å². The first-order chi connectivity index (χ1) is 9.83. The predicted molar refractivity (Wildman–Crippen MR) is 84.1 cm³/mol. The summed E-state index contributed by atoms with van der Waals surface area (Å²) in [5, 5.41) is 13.9. The lowest BCUT2D eigenvalue weighted by Crippen LogP contribution is -1.98. The summed E-state index contributed by atoms with van der Waals surface area (Å²) in [7, 11) is 0. The number of anilines is 1. The van der Waals surface area contributed by atoms with Crippen molar-refractivity contribution in [2.75, 3.05) is 5.32 Å². The number of benzene rings is 2. The predicted octanol–water partition coefficient (Wildman–Crippen LogP) is 4.47. The molecule has 3 rings (SSSR count). The summed E-state index contributed by atoms with van der Waals surface area (Å²) in [6.45, 7) is 0.734. The SMILES string of the molecule is Clc1ccccc1-c1nnc(NCc2ccccc2)s1. The fourth-order valence-electron chi connectivity index (χ4n) is 1.81. The van der Waals surface area contributed by atoms with E-state index >= 15 is 0 Å². The van der Waals surface area contributed by atoms with Crippen LogP contribution in [0, 0.1) is 0 Å². The van der Waals surface area contributed by atoms with E-state index in [2.05, 4.69) is 27.6 Å². The van der Waals surface area contributed by atoms with Gasteiger partial charge in [-0.25, -0.2) is 0 Å². The average molecular weight is 302 g/mol. The molecule has 3 aromatic rings. The van der Waals surface area contributed by atoms with Gasteiger partial charge in [-0.05, 0) is 11.6 Å². The number of halogens is 1. The number of hydrogen-bond acceptors (Lipinski definition) is 4. The minimum Gasteiger partial charge on any atom is -0.356 e. The molecule has 0 unspecified atom stereocenters. The Morgan fingerprint density at radius 1 is 0.950 bits per heavy atom. The second-order valence-corrected chi connectivity index (χ2v) is 5.62. The van der Waals surface area contributed by atoms with Crippen LogP contribution in [0.15, 0.2) is 54.6 Å². The van der Waals surface area contributed by atoms with E-state index in [1.54, 1.807) is 0 Å². The third-order valence-electron chi connectivity index (χ3n) is 2.82. The van der Waals surface area contributed by atoms with Gasteiger partial charge in [0.1, 0.15) is 0 Å². The third-order valence-corrected chi connectivity index (χ3v) is 4.06. The van der Waals surface area contributed by atoms with Gasteiger partial charge in [-0.15, -0.1) is 10.2 Å². The average Bonchev–Trinajstić information content (AvgIpc) is 2.95. The van der Waals surface area contributed by atoms with Crippen LogP contribution in [0.3, 0.4) is 0 Å². The van der Waals surface area contributed by atoms with E-state index in [-0.39, 0.29) is 0 Å². The minimum absolute atomic E-state index is 0.693. The smallest absolute Gasteiger partial charge is 0.206 e. The zero-order chi connectivity index (χ0) is 13.8. The first-order valence-corrected chi connectivity index (χ1v) is 7.38. The summed E-state index contributed by atoms with van der Waals surface area (Å²) in [5.74, 6) is 0. The molecule has 0 spiro atoms. The Morgan fingerprint density at radius 2 is 1.70 bits per heavy atom. The summed E-state index contributed by atoms with van der Waals surface area (Å²) in [6.07, 6.45) is 0. The monoisotopic (exact) mass is 301 g/mol. The molecule has 0 atom stereocenters. The highest BCUT2D eigenvalue weighted by atomic mass is 35.5. The van der Waals surface area contributed by atoms with E-state index in [0.29, 0.717) is 5.02 Å². The van der Waals surface area contributed by atoms with E-state index in [0.717, 1.165) is 22.2 Å². The van der Waals surface area contributed by atoms with Crippen LogP contribution < -0.4 is 5.32 Å². The maximum Gasteiger partial charge on any atom is 0.206 e. The summed E-state index contributed by atoms with van der Waals surface area (Å²) >= 11 is 7.66. The molecule has 1 aromatic heterocycles. The van der Waals surface area contributed by atoms with Gasteiger partial charge in [-0.3, -0.25) is 0 Å². The maximum atomic E-state index is 6.16. The molecule has 20 heavy (non-hydrogen) atoms. The minimum atomic E-state index is 0.693. The summed E-state index contributed by atoms with van der Waals surface area (Å²) in [4.78, 5) is 0. The second-order valence-electron chi connectivity index (χ2n) is 4.23. The molecule has 0 aliphatic carbocycles. The van der Waals surface area contributed by atoms with Crippen molar-refractivity contribution in [1.29, 1.82) is 0 Å². The second kappa shape index (κ2) is 6.03. The fraction of sp³-hybridized carbons (Fsp3) is 0.0667. The van der Waals surface area contributed by atoms with E-state index in [1.807, 2.05) is 42.5 Å². The summed E-state index contributed by atoms with van der Waals surface area (Å²) in [6, 6.07) is 17.8. The molecule has 0 radical (unpaired) electrons. The van der Waals surface area contributed by atoms with Crippen molar-refractivity contribution in [3.63, 3.8) is 0 Å². The summed E-state index contributed by atoms with van der Waals surface area (Å²) < 4.78 is 0. The molecule has 1 N–H and O–H groups in total. The molecular formula is C15H12ClN3S. The molecule has 1 heterocycles. The highest BCUT2D eigenvalue weighted by Gasteiger charge is 2.09. The molecule has 0 aliphatic rings. The Morgan fingerprint density at radius 3 is 2.50 bits per heavy atom. The van der Waals surface area contributed by atoms with Crippen molar-refractivity contribution in [3.8, 4) is 10.6 Å². The zero-order valence-corrected chi connectivity index (χ0v) is 12.2. The van der Waals surface area contributed by atoms with Gasteiger partial charge in [-0.2, -0.15) is 0 Å². The molecule has 100 valence electrons. The lowest BCUT2D eigenvalue weighted by molar-refractivity contribution is 1.05. The van der Waals surface area contributed by atoms with Crippen LogP contribution in [0.5, 0.6) is 0 Å². The van der Waals surface area contributed by atoms with Crippen LogP contribution in [0.2, 0.25) is 5.02 Å².